The van der Waals surface area contributed by atoms with Crippen LogP contribution < -0.4 is 5.32 Å². The van der Waals surface area contributed by atoms with E-state index in [0.29, 0.717) is 6.41 Å². The second-order valence-electron chi connectivity index (χ2n) is 4.78. The summed E-state index contributed by atoms with van der Waals surface area (Å²) in [6, 6.07) is -0.944. The van der Waals surface area contributed by atoms with Gasteiger partial charge in [0.1, 0.15) is 6.04 Å². The molecule has 21 heavy (non-hydrogen) atoms. The lowest BCUT2D eigenvalue weighted by Crippen LogP contribution is -2.39. The number of amides is 2. The van der Waals surface area contributed by atoms with Gasteiger partial charge in [-0.15, -0.1) is 11.8 Å². The first-order valence-corrected chi connectivity index (χ1v) is 8.50. The van der Waals surface area contributed by atoms with Crippen LogP contribution in [0.1, 0.15) is 39.5 Å². The van der Waals surface area contributed by atoms with Crippen LogP contribution in [0.15, 0.2) is 0 Å². The van der Waals surface area contributed by atoms with Crippen molar-refractivity contribution in [3.8, 4) is 0 Å². The highest BCUT2D eigenvalue weighted by molar-refractivity contribution is 8.00. The Morgan fingerprint density at radius 1 is 1.24 bits per heavy atom. The standard InChI is InChI=1S/C14H26N2O4S/c1-3-5-7-16(8-6-4-2)13(18)10-21-9-12(14(19)20)15-11-17/h11-12H,3-10H2,1-2H3,(H,15,17)(H,19,20). The lowest BCUT2D eigenvalue weighted by atomic mass is 10.2. The zero-order chi connectivity index (χ0) is 16.1. The third kappa shape index (κ3) is 9.33. The van der Waals surface area contributed by atoms with Crippen LogP contribution in [-0.2, 0) is 14.4 Å². The Labute approximate surface area is 130 Å². The van der Waals surface area contributed by atoms with Gasteiger partial charge in [-0.25, -0.2) is 4.79 Å². The van der Waals surface area contributed by atoms with Gasteiger partial charge in [-0.1, -0.05) is 26.7 Å². The number of aliphatic carboxylic acids is 1. The van der Waals surface area contributed by atoms with Gasteiger partial charge in [-0.05, 0) is 12.8 Å². The summed E-state index contributed by atoms with van der Waals surface area (Å²) in [5.41, 5.74) is 0. The highest BCUT2D eigenvalue weighted by Crippen LogP contribution is 2.08. The number of carbonyl (C=O) groups is 3. The van der Waals surface area contributed by atoms with E-state index in [1.54, 1.807) is 0 Å². The van der Waals surface area contributed by atoms with E-state index in [1.807, 2.05) is 4.90 Å². The molecule has 2 amide bonds. The quantitative estimate of drug-likeness (QED) is 0.501. The Balaban J connectivity index is 4.21. The summed E-state index contributed by atoms with van der Waals surface area (Å²) in [6.07, 6.45) is 4.39. The molecule has 122 valence electrons. The van der Waals surface area contributed by atoms with Crippen LogP contribution in [0.25, 0.3) is 0 Å². The number of hydrogen-bond acceptors (Lipinski definition) is 4. The van der Waals surface area contributed by atoms with Crippen molar-refractivity contribution < 1.29 is 19.5 Å². The van der Waals surface area contributed by atoms with Gasteiger partial charge < -0.3 is 15.3 Å². The molecule has 2 N–H and O–H groups in total. The monoisotopic (exact) mass is 318 g/mol. The van der Waals surface area contributed by atoms with E-state index in [0.717, 1.165) is 38.8 Å². The minimum absolute atomic E-state index is 0.0390. The van der Waals surface area contributed by atoms with E-state index < -0.39 is 12.0 Å². The number of unbranched alkanes of at least 4 members (excludes halogenated alkanes) is 2. The average Bonchev–Trinajstić information content (AvgIpc) is 2.46. The molecule has 0 aliphatic heterocycles. The molecule has 7 heteroatoms. The summed E-state index contributed by atoms with van der Waals surface area (Å²) < 4.78 is 0. The van der Waals surface area contributed by atoms with Crippen molar-refractivity contribution in [1.82, 2.24) is 10.2 Å². The summed E-state index contributed by atoms with van der Waals surface area (Å²) in [7, 11) is 0. The lowest BCUT2D eigenvalue weighted by Gasteiger charge is -2.22. The summed E-state index contributed by atoms with van der Waals surface area (Å²) in [5.74, 6) is -0.611. The summed E-state index contributed by atoms with van der Waals surface area (Å²) in [5, 5.41) is 11.1. The summed E-state index contributed by atoms with van der Waals surface area (Å²) in [6.45, 7) is 5.68. The number of carbonyl (C=O) groups excluding carboxylic acids is 2. The van der Waals surface area contributed by atoms with Crippen LogP contribution in [0.3, 0.4) is 0 Å². The number of hydrogen-bond donors (Lipinski definition) is 2. The van der Waals surface area contributed by atoms with Gasteiger partial charge >= 0.3 is 5.97 Å². The van der Waals surface area contributed by atoms with Crippen molar-refractivity contribution >= 4 is 30.0 Å². The van der Waals surface area contributed by atoms with Crippen LogP contribution in [-0.4, -0.2) is 58.9 Å². The van der Waals surface area contributed by atoms with Crippen molar-refractivity contribution in [3.05, 3.63) is 0 Å². The minimum Gasteiger partial charge on any atom is -0.480 e. The number of thioether (sulfide) groups is 1. The van der Waals surface area contributed by atoms with Crippen molar-refractivity contribution in [2.45, 2.75) is 45.6 Å². The van der Waals surface area contributed by atoms with E-state index in [9.17, 15) is 14.4 Å². The maximum atomic E-state index is 12.1. The lowest BCUT2D eigenvalue weighted by molar-refractivity contribution is -0.139. The van der Waals surface area contributed by atoms with Crippen LogP contribution in [0.2, 0.25) is 0 Å². The second kappa shape index (κ2) is 12.5. The molecule has 0 aliphatic rings. The average molecular weight is 318 g/mol. The van der Waals surface area contributed by atoms with Gasteiger partial charge in [0.2, 0.25) is 12.3 Å². The molecule has 0 spiro atoms. The fourth-order valence-corrected chi connectivity index (χ4v) is 2.64. The minimum atomic E-state index is -1.09. The smallest absolute Gasteiger partial charge is 0.327 e. The van der Waals surface area contributed by atoms with E-state index in [-0.39, 0.29) is 17.4 Å². The first kappa shape index (κ1) is 19.8. The van der Waals surface area contributed by atoms with Crippen molar-refractivity contribution in [3.63, 3.8) is 0 Å². The summed E-state index contributed by atoms with van der Waals surface area (Å²) >= 11 is 1.24. The Kier molecular flexibility index (Phi) is 11.8. The molecule has 0 heterocycles. The van der Waals surface area contributed by atoms with Crippen LogP contribution in [0, 0.1) is 0 Å². The van der Waals surface area contributed by atoms with Gasteiger partial charge in [-0.2, -0.15) is 0 Å². The van der Waals surface area contributed by atoms with E-state index in [1.165, 1.54) is 11.8 Å². The fraction of sp³-hybridized carbons (Fsp3) is 0.786. The molecular weight excluding hydrogens is 292 g/mol. The molecule has 0 aliphatic carbocycles. The van der Waals surface area contributed by atoms with Gasteiger partial charge in [0.15, 0.2) is 0 Å². The Morgan fingerprint density at radius 3 is 2.24 bits per heavy atom. The molecule has 0 saturated heterocycles. The molecule has 0 saturated carbocycles. The number of rotatable bonds is 13. The van der Waals surface area contributed by atoms with Crippen molar-refractivity contribution in [2.75, 3.05) is 24.6 Å². The normalized spacial score (nSPS) is 11.7. The molecule has 0 rings (SSSR count). The molecule has 0 aromatic heterocycles. The molecule has 0 bridgehead atoms. The maximum Gasteiger partial charge on any atom is 0.327 e. The SMILES string of the molecule is CCCCN(CCCC)C(=O)CSCC(NC=O)C(=O)O. The first-order chi connectivity index (χ1) is 10.1. The highest BCUT2D eigenvalue weighted by atomic mass is 32.2. The van der Waals surface area contributed by atoms with Gasteiger partial charge in [0.25, 0.3) is 0 Å². The van der Waals surface area contributed by atoms with Crippen molar-refractivity contribution in [2.24, 2.45) is 0 Å². The Morgan fingerprint density at radius 2 is 1.81 bits per heavy atom. The van der Waals surface area contributed by atoms with Gasteiger partial charge in [0, 0.05) is 18.8 Å². The molecular formula is C14H26N2O4S. The van der Waals surface area contributed by atoms with E-state index in [4.69, 9.17) is 5.11 Å². The number of nitrogens with zero attached hydrogens (tertiary/aromatic N) is 1. The highest BCUT2D eigenvalue weighted by Gasteiger charge is 2.18. The van der Waals surface area contributed by atoms with Crippen LogP contribution in [0.4, 0.5) is 0 Å². The van der Waals surface area contributed by atoms with Gasteiger partial charge in [0.05, 0.1) is 5.75 Å². The topological polar surface area (TPSA) is 86.7 Å². The van der Waals surface area contributed by atoms with Crippen molar-refractivity contribution in [1.29, 1.82) is 0 Å². The predicted octanol–water partition coefficient (Wildman–Crippen LogP) is 1.35. The third-order valence-electron chi connectivity index (χ3n) is 2.99. The Hall–Kier alpha value is -1.24. The number of carboxylic acid groups (broad SMARTS) is 1. The zero-order valence-electron chi connectivity index (χ0n) is 12.8. The third-order valence-corrected chi connectivity index (χ3v) is 4.01. The number of nitrogens with one attached hydrogen (secondary N) is 1. The number of carboxylic acids is 1. The molecule has 1 unspecified atom stereocenters. The second-order valence-corrected chi connectivity index (χ2v) is 5.81. The van der Waals surface area contributed by atoms with E-state index >= 15 is 0 Å². The maximum absolute atomic E-state index is 12.1. The molecule has 0 radical (unpaired) electrons. The largest absolute Gasteiger partial charge is 0.480 e. The molecule has 1 atom stereocenters. The first-order valence-electron chi connectivity index (χ1n) is 7.34. The van der Waals surface area contributed by atoms with Crippen LogP contribution >= 0.6 is 11.8 Å². The molecule has 0 fully saturated rings. The van der Waals surface area contributed by atoms with Gasteiger partial charge in [-0.3, -0.25) is 9.59 Å². The Bertz CT molecular complexity index is 318. The molecule has 0 aromatic carbocycles. The summed E-state index contributed by atoms with van der Waals surface area (Å²) in [4.78, 5) is 35.1. The van der Waals surface area contributed by atoms with E-state index in [2.05, 4.69) is 19.2 Å². The predicted molar refractivity (Wildman–Crippen MR) is 84.3 cm³/mol. The molecule has 6 nitrogen and oxygen atoms in total. The van der Waals surface area contributed by atoms with Crippen LogP contribution in [0.5, 0.6) is 0 Å². The fourth-order valence-electron chi connectivity index (χ4n) is 1.69. The zero-order valence-corrected chi connectivity index (χ0v) is 13.7. The molecule has 0 aromatic rings.